The van der Waals surface area contributed by atoms with E-state index in [1.165, 1.54) is 29.3 Å². The van der Waals surface area contributed by atoms with E-state index >= 15 is 0 Å². The minimum Gasteiger partial charge on any atom is -0.497 e. The Morgan fingerprint density at radius 1 is 1.20 bits per heavy atom. The molecule has 2 aromatic carbocycles. The van der Waals surface area contributed by atoms with Crippen LogP contribution in [0.25, 0.3) is 10.9 Å². The third-order valence-corrected chi connectivity index (χ3v) is 4.27. The molecule has 0 atom stereocenters. The first kappa shape index (κ1) is 19.2. The molecular formula is C20H16F2N6O2. The number of aromatic nitrogens is 4. The maximum absolute atomic E-state index is 13.7. The Morgan fingerprint density at radius 2 is 2.07 bits per heavy atom. The van der Waals surface area contributed by atoms with Gasteiger partial charge in [-0.2, -0.15) is 5.10 Å². The molecule has 152 valence electrons. The highest BCUT2D eigenvalue weighted by molar-refractivity contribution is 5.92. The number of rotatable bonds is 6. The molecule has 1 amide bonds. The van der Waals surface area contributed by atoms with E-state index in [9.17, 15) is 13.6 Å². The number of amides is 1. The highest BCUT2D eigenvalue weighted by Crippen LogP contribution is 2.26. The van der Waals surface area contributed by atoms with Gasteiger partial charge in [-0.15, -0.1) is 0 Å². The maximum atomic E-state index is 13.7. The molecule has 2 heterocycles. The summed E-state index contributed by atoms with van der Waals surface area (Å²) in [5.74, 6) is -1.45. The van der Waals surface area contributed by atoms with E-state index in [1.54, 1.807) is 25.4 Å². The van der Waals surface area contributed by atoms with Crippen LogP contribution in [0.1, 0.15) is 0 Å². The summed E-state index contributed by atoms with van der Waals surface area (Å²) in [5, 5.41) is 10.3. The summed E-state index contributed by atoms with van der Waals surface area (Å²) in [5.41, 5.74) is 1.07. The van der Waals surface area contributed by atoms with Crippen LogP contribution >= 0.6 is 0 Å². The number of hydrogen-bond acceptors (Lipinski definition) is 6. The van der Waals surface area contributed by atoms with Crippen molar-refractivity contribution in [3.05, 3.63) is 66.8 Å². The van der Waals surface area contributed by atoms with Crippen molar-refractivity contribution in [1.29, 1.82) is 0 Å². The third kappa shape index (κ3) is 4.02. The Labute approximate surface area is 169 Å². The van der Waals surface area contributed by atoms with E-state index in [4.69, 9.17) is 4.74 Å². The number of nitrogens with one attached hydrogen (secondary N) is 2. The van der Waals surface area contributed by atoms with Crippen molar-refractivity contribution < 1.29 is 18.3 Å². The van der Waals surface area contributed by atoms with E-state index in [-0.39, 0.29) is 12.2 Å². The normalized spacial score (nSPS) is 10.8. The van der Waals surface area contributed by atoms with Gasteiger partial charge in [-0.1, -0.05) is 6.07 Å². The van der Waals surface area contributed by atoms with Gasteiger partial charge < -0.3 is 15.4 Å². The molecule has 8 nitrogen and oxygen atoms in total. The minimum atomic E-state index is -1.11. The summed E-state index contributed by atoms with van der Waals surface area (Å²) < 4.78 is 33.5. The number of fused-ring (bicyclic) bond motifs is 1. The summed E-state index contributed by atoms with van der Waals surface area (Å²) in [6.07, 6.45) is 4.54. The quantitative estimate of drug-likeness (QED) is 0.505. The zero-order valence-electron chi connectivity index (χ0n) is 15.8. The van der Waals surface area contributed by atoms with E-state index < -0.39 is 17.5 Å². The Balaban J connectivity index is 1.46. The number of nitrogens with zero attached hydrogens (tertiary/aromatic N) is 4. The van der Waals surface area contributed by atoms with E-state index in [1.807, 2.05) is 6.07 Å². The van der Waals surface area contributed by atoms with Gasteiger partial charge in [0.25, 0.3) is 0 Å². The first-order valence-electron chi connectivity index (χ1n) is 8.85. The molecule has 30 heavy (non-hydrogen) atoms. The Hall–Kier alpha value is -4.08. The minimum absolute atomic E-state index is 0.181. The number of methoxy groups -OCH3 is 1. The van der Waals surface area contributed by atoms with Crippen molar-refractivity contribution in [2.45, 2.75) is 6.54 Å². The Morgan fingerprint density at radius 3 is 2.90 bits per heavy atom. The highest BCUT2D eigenvalue weighted by atomic mass is 19.2. The second-order valence-corrected chi connectivity index (χ2v) is 6.31. The lowest BCUT2D eigenvalue weighted by Crippen LogP contribution is -2.19. The van der Waals surface area contributed by atoms with Crippen LogP contribution in [0.4, 0.5) is 26.0 Å². The smallest absolute Gasteiger partial charge is 0.246 e. The second kappa shape index (κ2) is 8.11. The molecule has 10 heteroatoms. The first-order chi connectivity index (χ1) is 14.5. The van der Waals surface area contributed by atoms with Crippen molar-refractivity contribution in [2.24, 2.45) is 0 Å². The van der Waals surface area contributed by atoms with Gasteiger partial charge in [0.2, 0.25) is 5.91 Å². The number of carbonyl (C=O) groups excluding carboxylic acids is 1. The van der Waals surface area contributed by atoms with Crippen LogP contribution in [-0.4, -0.2) is 32.8 Å². The third-order valence-electron chi connectivity index (χ3n) is 4.27. The average Bonchev–Trinajstić information content (AvgIpc) is 3.17. The van der Waals surface area contributed by atoms with E-state index in [0.717, 1.165) is 11.5 Å². The number of benzene rings is 2. The zero-order valence-corrected chi connectivity index (χ0v) is 15.8. The Bertz CT molecular complexity index is 1230. The fourth-order valence-corrected chi connectivity index (χ4v) is 2.85. The Kier molecular flexibility index (Phi) is 5.21. The van der Waals surface area contributed by atoms with Crippen LogP contribution in [0.15, 0.2) is 55.1 Å². The maximum Gasteiger partial charge on any atom is 0.246 e. The first-order valence-corrected chi connectivity index (χ1v) is 8.85. The molecule has 0 aliphatic heterocycles. The van der Waals surface area contributed by atoms with Crippen LogP contribution in [0.3, 0.4) is 0 Å². The fourth-order valence-electron chi connectivity index (χ4n) is 2.85. The van der Waals surface area contributed by atoms with Gasteiger partial charge in [0.1, 0.15) is 24.4 Å². The monoisotopic (exact) mass is 410 g/mol. The van der Waals surface area contributed by atoms with Gasteiger partial charge in [0.05, 0.1) is 30.2 Å². The van der Waals surface area contributed by atoms with Crippen molar-refractivity contribution in [1.82, 2.24) is 19.7 Å². The molecule has 0 fully saturated rings. The van der Waals surface area contributed by atoms with Crippen LogP contribution in [0.2, 0.25) is 0 Å². The van der Waals surface area contributed by atoms with Gasteiger partial charge in [0.15, 0.2) is 11.6 Å². The van der Waals surface area contributed by atoms with Gasteiger partial charge in [0, 0.05) is 17.6 Å². The van der Waals surface area contributed by atoms with E-state index in [0.29, 0.717) is 22.8 Å². The number of ether oxygens (including phenoxy) is 1. The van der Waals surface area contributed by atoms with Gasteiger partial charge in [-0.3, -0.25) is 9.48 Å². The fraction of sp³-hybridized carbons (Fsp3) is 0.100. The molecule has 0 saturated heterocycles. The molecule has 2 N–H and O–H groups in total. The van der Waals surface area contributed by atoms with Crippen LogP contribution < -0.4 is 15.4 Å². The summed E-state index contributed by atoms with van der Waals surface area (Å²) in [6, 6.07) is 9.00. The van der Waals surface area contributed by atoms with Crippen molar-refractivity contribution in [3.8, 4) is 5.75 Å². The molecular weight excluding hydrogens is 394 g/mol. The summed E-state index contributed by atoms with van der Waals surface area (Å²) in [7, 11) is 1.58. The summed E-state index contributed by atoms with van der Waals surface area (Å²) >= 11 is 0. The van der Waals surface area contributed by atoms with Crippen molar-refractivity contribution in [3.63, 3.8) is 0 Å². The van der Waals surface area contributed by atoms with Gasteiger partial charge in [-0.25, -0.2) is 18.7 Å². The van der Waals surface area contributed by atoms with Crippen molar-refractivity contribution in [2.75, 3.05) is 17.7 Å². The average molecular weight is 410 g/mol. The van der Waals surface area contributed by atoms with Crippen LogP contribution in [-0.2, 0) is 11.3 Å². The summed E-state index contributed by atoms with van der Waals surface area (Å²) in [4.78, 5) is 20.6. The lowest BCUT2D eigenvalue weighted by Gasteiger charge is -2.08. The number of carbonyl (C=O) groups is 1. The number of hydrogen-bond donors (Lipinski definition) is 2. The van der Waals surface area contributed by atoms with Gasteiger partial charge in [-0.05, 0) is 24.3 Å². The largest absolute Gasteiger partial charge is 0.497 e. The molecule has 0 saturated carbocycles. The number of anilines is 3. The molecule has 0 unspecified atom stereocenters. The topological polar surface area (TPSA) is 94.0 Å². The van der Waals surface area contributed by atoms with E-state index in [2.05, 4.69) is 25.7 Å². The van der Waals surface area contributed by atoms with Gasteiger partial charge >= 0.3 is 0 Å². The molecule has 4 aromatic rings. The number of halogens is 2. The molecule has 4 rings (SSSR count). The molecule has 0 radical (unpaired) electrons. The van der Waals surface area contributed by atoms with Crippen LogP contribution in [0.5, 0.6) is 5.75 Å². The van der Waals surface area contributed by atoms with Crippen LogP contribution in [0, 0.1) is 11.6 Å². The molecule has 0 bridgehead atoms. The SMILES string of the molecule is COc1ccc2c(Nc3cnn(CC(=O)Nc4cccc(F)c4F)c3)ncnc2c1. The highest BCUT2D eigenvalue weighted by Gasteiger charge is 2.12. The molecule has 2 aromatic heterocycles. The summed E-state index contributed by atoms with van der Waals surface area (Å²) in [6.45, 7) is -0.181. The molecule has 0 aliphatic carbocycles. The predicted molar refractivity (Wildman–Crippen MR) is 107 cm³/mol. The standard InChI is InChI=1S/C20H16F2N6O2/c1-30-13-5-6-14-17(7-13)23-11-24-20(14)26-12-8-25-28(9-12)10-18(29)27-16-4-2-3-15(21)19(16)22/h2-9,11H,10H2,1H3,(H,27,29)(H,23,24,26). The van der Waals surface area contributed by atoms with Crippen molar-refractivity contribution >= 4 is 34.0 Å². The predicted octanol–water partition coefficient (Wildman–Crippen LogP) is 3.50. The molecule has 0 spiro atoms. The lowest BCUT2D eigenvalue weighted by molar-refractivity contribution is -0.116. The molecule has 0 aliphatic rings. The lowest BCUT2D eigenvalue weighted by atomic mass is 10.2. The zero-order chi connectivity index (χ0) is 21.1. The second-order valence-electron chi connectivity index (χ2n) is 6.31.